The molecule has 0 atom stereocenters. The van der Waals surface area contributed by atoms with Crippen LogP contribution in [0.4, 0.5) is 0 Å². The zero-order chi connectivity index (χ0) is 61.2. The van der Waals surface area contributed by atoms with Crippen molar-refractivity contribution in [1.29, 1.82) is 0 Å². The number of hydrogen-bond donors (Lipinski definition) is 1. The zero-order valence-electron chi connectivity index (χ0n) is 50.0. The third-order valence-electron chi connectivity index (χ3n) is 14.0. The molecule has 0 spiro atoms. The summed E-state index contributed by atoms with van der Waals surface area (Å²) in [6.45, 7) is 11.2. The van der Waals surface area contributed by atoms with E-state index in [1.807, 2.05) is 121 Å². The third-order valence-corrected chi connectivity index (χ3v) is 14.6. The summed E-state index contributed by atoms with van der Waals surface area (Å²) in [7, 11) is 1.36. The Morgan fingerprint density at radius 1 is 0.460 bits per heavy atom. The standard InChI is InChI=1S/C39H40O7.C34H35BrO6/c1-4-13-31-34(18-11-19-35(31)46-36-17-10-9-16-32(36)39(40)41-3)43-21-12-22-44-37-25-38(45-26-28-14-7-6-8-15-28)33(24-29(37)5-2)30-20-23-42-27-30;1-3-12-26-29(17-10-18-30(26)41-31-16-9-8-15-27(31)34(36)37)38-19-11-20-39-32-22-33(28(35)21-25(32)4-2)40-23-24-13-6-5-7-14-24/h6-11,14-20,23-25,27H,4-5,12-13,21-22,26H2,1-3H3;5-10,13-18,21-22H,3-4,11-12,19-20,23H2,1-2H3,(H,36,37). The normalized spacial score (nSPS) is 10.7. The fourth-order valence-corrected chi connectivity index (χ4v) is 10.0. The number of para-hydroxylation sites is 2. The molecule has 0 unspecified atom stereocenters. The molecule has 1 N–H and O–H groups in total. The molecular formula is C73H75BrO13. The van der Waals surface area contributed by atoms with Gasteiger partial charge in [0.1, 0.15) is 81.8 Å². The minimum atomic E-state index is -1.03. The average molecular weight is 1240 g/mol. The molecule has 9 aromatic rings. The maximum absolute atomic E-state index is 12.3. The lowest BCUT2D eigenvalue weighted by Gasteiger charge is -2.18. The molecule has 0 radical (unpaired) electrons. The summed E-state index contributed by atoms with van der Waals surface area (Å²) < 4.78 is 60.8. The van der Waals surface area contributed by atoms with Crippen LogP contribution in [0.3, 0.4) is 0 Å². The van der Waals surface area contributed by atoms with Gasteiger partial charge in [-0.1, -0.05) is 138 Å². The summed E-state index contributed by atoms with van der Waals surface area (Å²) in [5.74, 6) is 5.07. The number of halogens is 1. The Hall–Kier alpha value is -9.14. The van der Waals surface area contributed by atoms with E-state index in [0.29, 0.717) is 81.0 Å². The SMILES string of the molecule is CCCc1c(OCCCOc2cc(OCc3ccccc3)c(-c3ccoc3)cc2CC)cccc1Oc1ccccc1C(=O)OC.CCCc1c(OCCCOc2cc(OCc3ccccc3)c(Br)cc2CC)cccc1Oc1ccccc1C(=O)O. The van der Waals surface area contributed by atoms with E-state index < -0.39 is 11.9 Å². The predicted molar refractivity (Wildman–Crippen MR) is 342 cm³/mol. The Kier molecular flexibility index (Phi) is 24.6. The summed E-state index contributed by atoms with van der Waals surface area (Å²) in [5.41, 5.74) is 8.66. The monoisotopic (exact) mass is 1240 g/mol. The number of carboxylic acid groups (broad SMARTS) is 1. The van der Waals surface area contributed by atoms with Gasteiger partial charge in [0.2, 0.25) is 0 Å². The number of aryl methyl sites for hydroxylation is 2. The first-order chi connectivity index (χ1) is 42.6. The van der Waals surface area contributed by atoms with E-state index in [0.717, 1.165) is 122 Å². The lowest BCUT2D eigenvalue weighted by Crippen LogP contribution is -2.08. The molecule has 8 aromatic carbocycles. The molecular weight excluding hydrogens is 1160 g/mol. The van der Waals surface area contributed by atoms with Gasteiger partial charge in [0.15, 0.2) is 0 Å². The lowest BCUT2D eigenvalue weighted by atomic mass is 10.0. The first-order valence-electron chi connectivity index (χ1n) is 29.6. The molecule has 0 aliphatic carbocycles. The average Bonchev–Trinajstić information content (AvgIpc) is 3.61. The number of carboxylic acids is 1. The number of carbonyl (C=O) groups excluding carboxylic acids is 1. The van der Waals surface area contributed by atoms with Crippen molar-refractivity contribution in [2.45, 2.75) is 92.3 Å². The van der Waals surface area contributed by atoms with Gasteiger partial charge in [-0.2, -0.15) is 0 Å². The van der Waals surface area contributed by atoms with Gasteiger partial charge in [-0.05, 0) is 131 Å². The van der Waals surface area contributed by atoms with Crippen molar-refractivity contribution in [1.82, 2.24) is 0 Å². The zero-order valence-corrected chi connectivity index (χ0v) is 51.6. The number of methoxy groups -OCH3 is 1. The number of rotatable bonds is 31. The fraction of sp³-hybridized carbons (Fsp3) is 0.260. The molecule has 0 bridgehead atoms. The van der Waals surface area contributed by atoms with Gasteiger partial charge in [0.25, 0.3) is 0 Å². The number of benzene rings is 8. The van der Waals surface area contributed by atoms with Crippen LogP contribution in [-0.2, 0) is 43.6 Å². The van der Waals surface area contributed by atoms with Gasteiger partial charge in [-0.15, -0.1) is 0 Å². The molecule has 14 heteroatoms. The first kappa shape index (κ1) is 63.9. The highest BCUT2D eigenvalue weighted by molar-refractivity contribution is 9.10. The smallest absolute Gasteiger partial charge is 0.341 e. The minimum absolute atomic E-state index is 0.117. The topological polar surface area (TPSA) is 151 Å². The van der Waals surface area contributed by atoms with Gasteiger partial charge in [-0.3, -0.25) is 0 Å². The number of ether oxygens (including phenoxy) is 9. The molecule has 0 fully saturated rings. The van der Waals surface area contributed by atoms with Gasteiger partial charge in [-0.25, -0.2) is 9.59 Å². The van der Waals surface area contributed by atoms with Crippen LogP contribution in [0.15, 0.2) is 197 Å². The van der Waals surface area contributed by atoms with Crippen molar-refractivity contribution in [2.24, 2.45) is 0 Å². The largest absolute Gasteiger partial charge is 0.493 e. The minimum Gasteiger partial charge on any atom is -0.493 e. The number of esters is 1. The molecule has 452 valence electrons. The van der Waals surface area contributed by atoms with Crippen LogP contribution in [0.5, 0.6) is 57.5 Å². The van der Waals surface area contributed by atoms with E-state index in [1.54, 1.807) is 48.9 Å². The van der Waals surface area contributed by atoms with E-state index in [4.69, 9.17) is 47.0 Å². The van der Waals surface area contributed by atoms with Crippen LogP contribution in [0.2, 0.25) is 0 Å². The van der Waals surface area contributed by atoms with Crippen molar-refractivity contribution >= 4 is 27.9 Å². The van der Waals surface area contributed by atoms with Crippen LogP contribution in [0, 0.1) is 0 Å². The number of carbonyl (C=O) groups is 2. The van der Waals surface area contributed by atoms with Gasteiger partial charge >= 0.3 is 11.9 Å². The maximum Gasteiger partial charge on any atom is 0.341 e. The second-order valence-corrected chi connectivity index (χ2v) is 21.0. The third kappa shape index (κ3) is 18.2. The van der Waals surface area contributed by atoms with Crippen LogP contribution >= 0.6 is 15.9 Å². The van der Waals surface area contributed by atoms with E-state index in [-0.39, 0.29) is 5.56 Å². The molecule has 9 rings (SSSR count). The Labute approximate surface area is 518 Å². The molecule has 1 aromatic heterocycles. The van der Waals surface area contributed by atoms with E-state index in [9.17, 15) is 14.7 Å². The Bertz CT molecular complexity index is 3600. The lowest BCUT2D eigenvalue weighted by molar-refractivity contribution is 0.0596. The van der Waals surface area contributed by atoms with Crippen molar-refractivity contribution in [3.8, 4) is 68.6 Å². The second-order valence-electron chi connectivity index (χ2n) is 20.2. The first-order valence-corrected chi connectivity index (χ1v) is 30.4. The number of aromatic carboxylic acids is 1. The summed E-state index contributed by atoms with van der Waals surface area (Å²) in [4.78, 5) is 23.9. The second kappa shape index (κ2) is 33.5. The van der Waals surface area contributed by atoms with Crippen LogP contribution in [0.1, 0.15) is 107 Å². The summed E-state index contributed by atoms with van der Waals surface area (Å²) in [5, 5.41) is 9.53. The molecule has 0 saturated carbocycles. The van der Waals surface area contributed by atoms with E-state index >= 15 is 0 Å². The highest BCUT2D eigenvalue weighted by Crippen LogP contribution is 2.40. The van der Waals surface area contributed by atoms with Crippen molar-refractivity contribution in [2.75, 3.05) is 33.5 Å². The van der Waals surface area contributed by atoms with Gasteiger partial charge in [0, 0.05) is 47.2 Å². The van der Waals surface area contributed by atoms with Crippen LogP contribution in [-0.4, -0.2) is 50.6 Å². The Morgan fingerprint density at radius 2 is 0.908 bits per heavy atom. The molecule has 13 nitrogen and oxygen atoms in total. The van der Waals surface area contributed by atoms with Crippen LogP contribution in [0.25, 0.3) is 11.1 Å². The summed E-state index contributed by atoms with van der Waals surface area (Å²) >= 11 is 3.63. The van der Waals surface area contributed by atoms with Gasteiger partial charge in [0.05, 0.1) is 50.5 Å². The van der Waals surface area contributed by atoms with Crippen molar-refractivity contribution < 1.29 is 61.7 Å². The molecule has 0 aliphatic heterocycles. The maximum atomic E-state index is 12.3. The van der Waals surface area contributed by atoms with Crippen LogP contribution < -0.4 is 37.9 Å². The number of hydrogen-bond acceptors (Lipinski definition) is 12. The quantitative estimate of drug-likeness (QED) is 0.0325. The molecule has 0 amide bonds. The summed E-state index contributed by atoms with van der Waals surface area (Å²) in [6, 6.07) is 55.2. The molecule has 0 saturated heterocycles. The highest BCUT2D eigenvalue weighted by Gasteiger charge is 2.20. The molecule has 87 heavy (non-hydrogen) atoms. The molecule has 0 aliphatic rings. The predicted octanol–water partition coefficient (Wildman–Crippen LogP) is 18.3. The highest BCUT2D eigenvalue weighted by atomic mass is 79.9. The van der Waals surface area contributed by atoms with E-state index in [1.165, 1.54) is 13.2 Å². The molecule has 1 heterocycles. The van der Waals surface area contributed by atoms with Crippen molar-refractivity contribution in [3.63, 3.8) is 0 Å². The Balaban J connectivity index is 0.000000227. The van der Waals surface area contributed by atoms with Crippen molar-refractivity contribution in [3.05, 3.63) is 237 Å². The van der Waals surface area contributed by atoms with Gasteiger partial charge < -0.3 is 52.2 Å². The fourth-order valence-electron chi connectivity index (χ4n) is 9.54. The Morgan fingerprint density at radius 3 is 1.40 bits per heavy atom. The number of furan rings is 1. The summed E-state index contributed by atoms with van der Waals surface area (Å²) in [6.07, 6.45) is 9.68. The van der Waals surface area contributed by atoms with E-state index in [2.05, 4.69) is 55.8 Å².